The van der Waals surface area contributed by atoms with Crippen molar-refractivity contribution >= 4 is 0 Å². The van der Waals surface area contributed by atoms with Crippen LogP contribution >= 0.6 is 0 Å². The Morgan fingerprint density at radius 3 is 1.80 bits per heavy atom. The van der Waals surface area contributed by atoms with Crippen LogP contribution in [0.2, 0.25) is 0 Å². The van der Waals surface area contributed by atoms with Crippen molar-refractivity contribution in [1.82, 2.24) is 0 Å². The first-order valence-electron chi connectivity index (χ1n) is 7.09. The lowest BCUT2D eigenvalue weighted by Gasteiger charge is -2.33. The predicted molar refractivity (Wildman–Crippen MR) is 66.7 cm³/mol. The van der Waals surface area contributed by atoms with E-state index in [9.17, 15) is 0 Å². The van der Waals surface area contributed by atoms with Crippen LogP contribution in [0.15, 0.2) is 0 Å². The summed E-state index contributed by atoms with van der Waals surface area (Å²) in [5, 5.41) is 0. The zero-order valence-electron chi connectivity index (χ0n) is 11.0. The summed E-state index contributed by atoms with van der Waals surface area (Å²) >= 11 is 0. The maximum atomic E-state index is 2.51. The molecule has 0 heteroatoms. The maximum absolute atomic E-state index is 2.51. The summed E-state index contributed by atoms with van der Waals surface area (Å²) in [6.45, 7) is 9.88. The van der Waals surface area contributed by atoms with Crippen molar-refractivity contribution in [2.75, 3.05) is 0 Å². The highest BCUT2D eigenvalue weighted by atomic mass is 14.4. The van der Waals surface area contributed by atoms with Gasteiger partial charge in [0.25, 0.3) is 0 Å². The third kappa shape index (κ3) is 2.24. The van der Waals surface area contributed by atoms with Gasteiger partial charge in [0.2, 0.25) is 0 Å². The van der Waals surface area contributed by atoms with Gasteiger partial charge < -0.3 is 0 Å². The Kier molecular flexibility index (Phi) is 3.42. The molecule has 15 heavy (non-hydrogen) atoms. The van der Waals surface area contributed by atoms with Gasteiger partial charge in [0, 0.05) is 0 Å². The highest BCUT2D eigenvalue weighted by molar-refractivity contribution is 4.89. The molecule has 0 amide bonds. The minimum Gasteiger partial charge on any atom is -0.0625 e. The van der Waals surface area contributed by atoms with Crippen LogP contribution < -0.4 is 0 Å². The maximum Gasteiger partial charge on any atom is -0.0355 e. The van der Waals surface area contributed by atoms with E-state index >= 15 is 0 Å². The van der Waals surface area contributed by atoms with Crippen LogP contribution in [0, 0.1) is 35.5 Å². The zero-order chi connectivity index (χ0) is 11.0. The van der Waals surface area contributed by atoms with Crippen molar-refractivity contribution in [3.63, 3.8) is 0 Å². The number of hydrogen-bond acceptors (Lipinski definition) is 0. The van der Waals surface area contributed by atoms with Crippen LogP contribution in [0.3, 0.4) is 0 Å². The van der Waals surface area contributed by atoms with Gasteiger partial charge in [-0.1, -0.05) is 40.5 Å². The van der Waals surface area contributed by atoms with Gasteiger partial charge >= 0.3 is 0 Å². The molecule has 0 aromatic rings. The molecule has 0 aromatic heterocycles. The summed E-state index contributed by atoms with van der Waals surface area (Å²) in [6, 6.07) is 0. The molecule has 0 N–H and O–H groups in total. The molecule has 2 aliphatic rings. The molecule has 2 fully saturated rings. The fourth-order valence-corrected chi connectivity index (χ4v) is 4.10. The first-order chi connectivity index (χ1) is 7.09. The molecule has 0 saturated heterocycles. The fourth-order valence-electron chi connectivity index (χ4n) is 4.10. The van der Waals surface area contributed by atoms with E-state index in [1.807, 2.05) is 0 Å². The van der Waals surface area contributed by atoms with Gasteiger partial charge in [-0.3, -0.25) is 0 Å². The standard InChI is InChI=1S/C15H28/c1-10-5-7-14(8-6-10)15-9-11(2)12(3)13(15)4/h10-15H,5-9H2,1-4H3. The molecule has 0 bridgehead atoms. The summed E-state index contributed by atoms with van der Waals surface area (Å²) < 4.78 is 0. The molecular weight excluding hydrogens is 180 g/mol. The molecule has 0 spiro atoms. The van der Waals surface area contributed by atoms with Gasteiger partial charge in [0.05, 0.1) is 0 Å². The van der Waals surface area contributed by atoms with E-state index in [1.165, 1.54) is 32.1 Å². The monoisotopic (exact) mass is 208 g/mol. The van der Waals surface area contributed by atoms with Gasteiger partial charge in [0.1, 0.15) is 0 Å². The van der Waals surface area contributed by atoms with Crippen LogP contribution in [-0.4, -0.2) is 0 Å². The summed E-state index contributed by atoms with van der Waals surface area (Å²) in [5.41, 5.74) is 0. The molecule has 0 heterocycles. The Hall–Kier alpha value is 0. The predicted octanol–water partition coefficient (Wildman–Crippen LogP) is 4.74. The van der Waals surface area contributed by atoms with Gasteiger partial charge in [-0.05, 0) is 54.8 Å². The van der Waals surface area contributed by atoms with Crippen LogP contribution in [0.1, 0.15) is 59.8 Å². The molecule has 4 unspecified atom stereocenters. The smallest absolute Gasteiger partial charge is 0.0355 e. The second kappa shape index (κ2) is 4.47. The van der Waals surface area contributed by atoms with Crippen LogP contribution in [0.25, 0.3) is 0 Å². The SMILES string of the molecule is CC1CCC(C2CC(C)C(C)C2C)CC1. The van der Waals surface area contributed by atoms with Crippen LogP contribution in [-0.2, 0) is 0 Å². The van der Waals surface area contributed by atoms with E-state index in [-0.39, 0.29) is 0 Å². The molecular formula is C15H28. The normalized spacial score (nSPS) is 52.0. The first-order valence-corrected chi connectivity index (χ1v) is 7.09. The Morgan fingerprint density at radius 1 is 0.733 bits per heavy atom. The summed E-state index contributed by atoms with van der Waals surface area (Å²) in [5.74, 6) is 6.07. The Labute approximate surface area is 95.8 Å². The minimum atomic E-state index is 0.967. The van der Waals surface area contributed by atoms with Gasteiger partial charge in [-0.25, -0.2) is 0 Å². The lowest BCUT2D eigenvalue weighted by molar-refractivity contribution is 0.173. The quantitative estimate of drug-likeness (QED) is 0.584. The second-order valence-corrected chi connectivity index (χ2v) is 6.62. The van der Waals surface area contributed by atoms with E-state index < -0.39 is 0 Å². The molecule has 0 aliphatic heterocycles. The molecule has 0 aromatic carbocycles. The van der Waals surface area contributed by atoms with E-state index in [2.05, 4.69) is 27.7 Å². The van der Waals surface area contributed by atoms with Crippen molar-refractivity contribution in [3.8, 4) is 0 Å². The third-order valence-corrected chi connectivity index (χ3v) is 5.71. The molecule has 2 saturated carbocycles. The molecule has 4 atom stereocenters. The Morgan fingerprint density at radius 2 is 1.33 bits per heavy atom. The topological polar surface area (TPSA) is 0 Å². The highest BCUT2D eigenvalue weighted by Gasteiger charge is 2.40. The third-order valence-electron chi connectivity index (χ3n) is 5.71. The fraction of sp³-hybridized carbons (Fsp3) is 1.00. The van der Waals surface area contributed by atoms with Crippen molar-refractivity contribution in [2.45, 2.75) is 59.8 Å². The Balaban J connectivity index is 1.94. The van der Waals surface area contributed by atoms with Gasteiger partial charge in [-0.15, -0.1) is 0 Å². The average Bonchev–Trinajstić information content (AvgIpc) is 2.47. The first kappa shape index (κ1) is 11.5. The van der Waals surface area contributed by atoms with Crippen LogP contribution in [0.4, 0.5) is 0 Å². The van der Waals surface area contributed by atoms with E-state index in [0.29, 0.717) is 0 Å². The second-order valence-electron chi connectivity index (χ2n) is 6.62. The van der Waals surface area contributed by atoms with Crippen molar-refractivity contribution < 1.29 is 0 Å². The molecule has 0 nitrogen and oxygen atoms in total. The lowest BCUT2D eigenvalue weighted by atomic mass is 9.72. The van der Waals surface area contributed by atoms with E-state index in [1.54, 1.807) is 0 Å². The zero-order valence-corrected chi connectivity index (χ0v) is 11.0. The lowest BCUT2D eigenvalue weighted by Crippen LogP contribution is -2.23. The van der Waals surface area contributed by atoms with E-state index in [4.69, 9.17) is 0 Å². The van der Waals surface area contributed by atoms with Crippen molar-refractivity contribution in [2.24, 2.45) is 35.5 Å². The molecule has 0 radical (unpaired) electrons. The van der Waals surface area contributed by atoms with Gasteiger partial charge in [0.15, 0.2) is 0 Å². The Bertz CT molecular complexity index is 200. The summed E-state index contributed by atoms with van der Waals surface area (Å²) in [7, 11) is 0. The number of hydrogen-bond donors (Lipinski definition) is 0. The average molecular weight is 208 g/mol. The van der Waals surface area contributed by atoms with Crippen molar-refractivity contribution in [1.29, 1.82) is 0 Å². The molecule has 88 valence electrons. The van der Waals surface area contributed by atoms with Crippen LogP contribution in [0.5, 0.6) is 0 Å². The van der Waals surface area contributed by atoms with E-state index in [0.717, 1.165) is 35.5 Å². The molecule has 2 aliphatic carbocycles. The highest BCUT2D eigenvalue weighted by Crippen LogP contribution is 2.48. The minimum absolute atomic E-state index is 0.967. The van der Waals surface area contributed by atoms with Gasteiger partial charge in [-0.2, -0.15) is 0 Å². The molecule has 2 rings (SSSR count). The van der Waals surface area contributed by atoms with Crippen molar-refractivity contribution in [3.05, 3.63) is 0 Å². The largest absolute Gasteiger partial charge is 0.0625 e. The summed E-state index contributed by atoms with van der Waals surface area (Å²) in [4.78, 5) is 0. The summed E-state index contributed by atoms with van der Waals surface area (Å²) in [6.07, 6.45) is 7.56. The number of rotatable bonds is 1.